The topological polar surface area (TPSA) is 75.1 Å². The van der Waals surface area contributed by atoms with Gasteiger partial charge in [-0.15, -0.1) is 0 Å². The second-order valence-corrected chi connectivity index (χ2v) is 10.7. The summed E-state index contributed by atoms with van der Waals surface area (Å²) in [6.07, 6.45) is 4.12. The predicted molar refractivity (Wildman–Crippen MR) is 156 cm³/mol. The van der Waals surface area contributed by atoms with Crippen LogP contribution in [0.15, 0.2) is 91.3 Å². The van der Waals surface area contributed by atoms with E-state index in [1.165, 1.54) is 0 Å². The van der Waals surface area contributed by atoms with Gasteiger partial charge in [0.2, 0.25) is 5.91 Å². The molecule has 1 saturated heterocycles. The Kier molecular flexibility index (Phi) is 6.61. The number of amides is 1. The van der Waals surface area contributed by atoms with Crippen molar-refractivity contribution in [3.05, 3.63) is 108 Å². The molecule has 0 saturated carbocycles. The first kappa shape index (κ1) is 24.3. The molecule has 0 unspecified atom stereocenters. The van der Waals surface area contributed by atoms with Gasteiger partial charge in [-0.2, -0.15) is 0 Å². The smallest absolute Gasteiger partial charge is 0.226 e. The molecule has 1 fully saturated rings. The van der Waals surface area contributed by atoms with Crippen LogP contribution in [-0.4, -0.2) is 37.0 Å². The number of pyridine rings is 1. The maximum Gasteiger partial charge on any atom is 0.226 e. The first-order chi connectivity index (χ1) is 18.6. The number of anilines is 1. The maximum atomic E-state index is 12.9. The molecule has 7 nitrogen and oxygen atoms in total. The zero-order valence-electron chi connectivity index (χ0n) is 20.7. The lowest BCUT2D eigenvalue weighted by atomic mass is 10.0. The van der Waals surface area contributed by atoms with E-state index in [0.29, 0.717) is 18.1 Å². The first-order valence-corrected chi connectivity index (χ1v) is 13.7. The Morgan fingerprint density at radius 2 is 1.95 bits per heavy atom. The van der Waals surface area contributed by atoms with Crippen LogP contribution in [0.2, 0.25) is 0 Å². The number of nitrogens with zero attached hydrogens (tertiary/aromatic N) is 4. The van der Waals surface area contributed by atoms with Crippen molar-refractivity contribution in [3.8, 4) is 5.13 Å². The van der Waals surface area contributed by atoms with E-state index in [0.717, 1.165) is 38.0 Å². The van der Waals surface area contributed by atoms with Gasteiger partial charge in [-0.1, -0.05) is 41.7 Å². The van der Waals surface area contributed by atoms with Gasteiger partial charge in [0.1, 0.15) is 0 Å². The minimum absolute atomic E-state index is 0.0556. The minimum atomic E-state index is -0.175. The number of rotatable bonds is 7. The van der Waals surface area contributed by atoms with Gasteiger partial charge >= 0.3 is 0 Å². The highest BCUT2D eigenvalue weighted by Crippen LogP contribution is 2.40. The maximum absolute atomic E-state index is 12.9. The van der Waals surface area contributed by atoms with Crippen LogP contribution >= 0.6 is 23.6 Å². The molecule has 1 aliphatic heterocycles. The van der Waals surface area contributed by atoms with Gasteiger partial charge < -0.3 is 15.5 Å². The van der Waals surface area contributed by atoms with Crippen molar-refractivity contribution in [2.75, 3.05) is 11.9 Å². The number of hydrogen-bond acceptors (Lipinski definition) is 5. The summed E-state index contributed by atoms with van der Waals surface area (Å²) in [7, 11) is 0. The molecule has 5 aromatic rings. The molecule has 3 aromatic heterocycles. The number of aromatic nitrogens is 3. The normalized spacial score (nSPS) is 17.1. The SMILES string of the molecule is Cc1cccc(NC(=O)CCN2C(=S)N[C@H](c3ccccn3)[C@H]2c2cccn2-c2nc3ccccc3s2)c1. The molecule has 9 heteroatoms. The van der Waals surface area contributed by atoms with Gasteiger partial charge in [0.25, 0.3) is 0 Å². The number of thiazole rings is 1. The number of carbonyl (C=O) groups is 1. The number of thiocarbonyl (C=S) groups is 1. The lowest BCUT2D eigenvalue weighted by Crippen LogP contribution is -2.33. The number of hydrogen-bond donors (Lipinski definition) is 2. The highest BCUT2D eigenvalue weighted by molar-refractivity contribution is 7.80. The van der Waals surface area contributed by atoms with Crippen molar-refractivity contribution in [1.82, 2.24) is 24.8 Å². The van der Waals surface area contributed by atoms with Crippen molar-refractivity contribution in [2.24, 2.45) is 0 Å². The molecule has 0 spiro atoms. The fourth-order valence-electron chi connectivity index (χ4n) is 4.91. The Morgan fingerprint density at radius 3 is 2.76 bits per heavy atom. The highest BCUT2D eigenvalue weighted by Gasteiger charge is 2.41. The zero-order chi connectivity index (χ0) is 26.1. The third-order valence-corrected chi connectivity index (χ3v) is 8.04. The van der Waals surface area contributed by atoms with Crippen molar-refractivity contribution in [1.29, 1.82) is 0 Å². The Morgan fingerprint density at radius 1 is 1.08 bits per heavy atom. The van der Waals surface area contributed by atoms with E-state index in [2.05, 4.69) is 37.2 Å². The summed E-state index contributed by atoms with van der Waals surface area (Å²) < 4.78 is 3.26. The van der Waals surface area contributed by atoms with Crippen molar-refractivity contribution >= 4 is 50.5 Å². The molecular formula is C29H26N6OS2. The summed E-state index contributed by atoms with van der Waals surface area (Å²) >= 11 is 7.46. The average molecular weight is 539 g/mol. The van der Waals surface area contributed by atoms with E-state index in [1.54, 1.807) is 17.5 Å². The second-order valence-electron chi connectivity index (χ2n) is 9.25. The van der Waals surface area contributed by atoms with Crippen LogP contribution in [0.4, 0.5) is 5.69 Å². The average Bonchev–Trinajstić information content (AvgIpc) is 3.64. The van der Waals surface area contributed by atoms with Crippen LogP contribution in [0.25, 0.3) is 15.3 Å². The lowest BCUT2D eigenvalue weighted by molar-refractivity contribution is -0.116. The Bertz CT molecular complexity index is 1580. The van der Waals surface area contributed by atoms with Crippen LogP contribution in [0.5, 0.6) is 0 Å². The van der Waals surface area contributed by atoms with E-state index < -0.39 is 0 Å². The number of benzene rings is 2. The van der Waals surface area contributed by atoms with Gasteiger partial charge in [0.05, 0.1) is 33.7 Å². The lowest BCUT2D eigenvalue weighted by Gasteiger charge is -2.28. The molecule has 2 N–H and O–H groups in total. The number of nitrogens with one attached hydrogen (secondary N) is 2. The summed E-state index contributed by atoms with van der Waals surface area (Å²) in [5, 5.41) is 7.98. The Balaban J connectivity index is 1.32. The predicted octanol–water partition coefficient (Wildman–Crippen LogP) is 5.79. The van der Waals surface area contributed by atoms with Crippen LogP contribution in [0, 0.1) is 6.92 Å². The van der Waals surface area contributed by atoms with Gasteiger partial charge in [0.15, 0.2) is 10.2 Å². The van der Waals surface area contributed by atoms with Crippen LogP contribution in [0.3, 0.4) is 0 Å². The van der Waals surface area contributed by atoms with Crippen molar-refractivity contribution in [2.45, 2.75) is 25.4 Å². The van der Waals surface area contributed by atoms with Gasteiger partial charge in [0, 0.05) is 31.0 Å². The summed E-state index contributed by atoms with van der Waals surface area (Å²) in [5.41, 5.74) is 4.79. The molecule has 4 heterocycles. The Hall–Kier alpha value is -4.08. The standard InChI is InChI=1S/C29H26N6OS2/c1-19-8-6-9-20(18-19)31-25(36)14-17-35-27(26(33-28(35)37)22-11-4-5-15-30-22)23-12-7-16-34(23)29-32-21-10-2-3-13-24(21)38-29/h2-13,15-16,18,26-27H,14,17H2,1H3,(H,31,36)(H,33,37)/t26-,27-/m1/s1. The highest BCUT2D eigenvalue weighted by atomic mass is 32.1. The third-order valence-electron chi connectivity index (χ3n) is 6.65. The van der Waals surface area contributed by atoms with Gasteiger partial charge in [-0.3, -0.25) is 14.3 Å². The fourth-order valence-corrected chi connectivity index (χ4v) is 6.21. The van der Waals surface area contributed by atoms with E-state index in [9.17, 15) is 4.79 Å². The van der Waals surface area contributed by atoms with Crippen LogP contribution < -0.4 is 10.6 Å². The minimum Gasteiger partial charge on any atom is -0.352 e. The van der Waals surface area contributed by atoms with Crippen molar-refractivity contribution < 1.29 is 4.79 Å². The summed E-state index contributed by atoms with van der Waals surface area (Å²) in [5.74, 6) is -0.0556. The van der Waals surface area contributed by atoms with Gasteiger partial charge in [-0.05, 0) is 73.2 Å². The number of aryl methyl sites for hydroxylation is 1. The molecule has 2 aromatic carbocycles. The van der Waals surface area contributed by atoms with Crippen LogP contribution in [0.1, 0.15) is 35.5 Å². The molecule has 0 bridgehead atoms. The summed E-state index contributed by atoms with van der Waals surface area (Å²) in [4.78, 5) is 24.5. The monoisotopic (exact) mass is 538 g/mol. The molecule has 38 heavy (non-hydrogen) atoms. The molecule has 0 aliphatic carbocycles. The number of para-hydroxylation sites is 1. The Labute approximate surface area is 230 Å². The molecule has 1 amide bonds. The van der Waals surface area contributed by atoms with Gasteiger partial charge in [-0.25, -0.2) is 4.98 Å². The number of carbonyl (C=O) groups excluding carboxylic acids is 1. The van der Waals surface area contributed by atoms with E-state index in [1.807, 2.05) is 79.9 Å². The molecule has 190 valence electrons. The number of fused-ring (bicyclic) bond motifs is 1. The van der Waals surface area contributed by atoms with E-state index in [-0.39, 0.29) is 18.0 Å². The third kappa shape index (κ3) is 4.78. The van der Waals surface area contributed by atoms with Crippen molar-refractivity contribution in [3.63, 3.8) is 0 Å². The zero-order valence-corrected chi connectivity index (χ0v) is 22.4. The largest absolute Gasteiger partial charge is 0.352 e. The van der Waals surface area contributed by atoms with E-state index >= 15 is 0 Å². The van der Waals surface area contributed by atoms with Crippen LogP contribution in [-0.2, 0) is 4.79 Å². The quantitative estimate of drug-likeness (QED) is 0.256. The van der Waals surface area contributed by atoms with E-state index in [4.69, 9.17) is 17.2 Å². The fraction of sp³-hybridized carbons (Fsp3) is 0.172. The molecule has 6 rings (SSSR count). The summed E-state index contributed by atoms with van der Waals surface area (Å²) in [6, 6.07) is 25.6. The molecule has 1 aliphatic rings. The molecular weight excluding hydrogens is 512 g/mol. The first-order valence-electron chi connectivity index (χ1n) is 12.4. The summed E-state index contributed by atoms with van der Waals surface area (Å²) in [6.45, 7) is 2.47. The molecule has 0 radical (unpaired) electrons. The second kappa shape index (κ2) is 10.4. The molecule has 2 atom stereocenters.